The lowest BCUT2D eigenvalue weighted by Gasteiger charge is -2.33. The lowest BCUT2D eigenvalue weighted by molar-refractivity contribution is -0.133. The first-order valence-corrected chi connectivity index (χ1v) is 10.7. The molecular formula is C19H16FN5OS2. The highest BCUT2D eigenvalue weighted by Crippen LogP contribution is 2.38. The number of H-pyrrole nitrogens is 1. The second-order valence-electron chi connectivity index (χ2n) is 6.57. The number of nitrogens with one attached hydrogen (secondary N) is 1. The molecule has 0 spiro atoms. The molecule has 142 valence electrons. The summed E-state index contributed by atoms with van der Waals surface area (Å²) in [5.41, 5.74) is 2.15. The SMILES string of the molecule is O=C(CCc1nccs1)N1CCc2[nH]cnc2[C@H]1c1nc2c(F)cccc2s1. The monoisotopic (exact) mass is 413 g/mol. The Labute approximate surface area is 168 Å². The molecule has 0 saturated heterocycles. The Kier molecular flexibility index (Phi) is 4.40. The molecule has 0 bridgehead atoms. The van der Waals surface area contributed by atoms with Gasteiger partial charge >= 0.3 is 0 Å². The third-order valence-corrected chi connectivity index (χ3v) is 6.81. The van der Waals surface area contributed by atoms with Crippen molar-refractivity contribution in [2.75, 3.05) is 6.54 Å². The number of imidazole rings is 1. The highest BCUT2D eigenvalue weighted by molar-refractivity contribution is 7.18. The molecule has 0 unspecified atom stereocenters. The summed E-state index contributed by atoms with van der Waals surface area (Å²) in [7, 11) is 0. The fourth-order valence-corrected chi connectivity index (χ4v) is 5.30. The fourth-order valence-electron chi connectivity index (χ4n) is 3.58. The van der Waals surface area contributed by atoms with E-state index in [9.17, 15) is 9.18 Å². The van der Waals surface area contributed by atoms with Gasteiger partial charge in [0, 0.05) is 43.1 Å². The van der Waals surface area contributed by atoms with E-state index in [1.807, 2.05) is 16.3 Å². The molecule has 4 aromatic rings. The Bertz CT molecular complexity index is 1140. The summed E-state index contributed by atoms with van der Waals surface area (Å²) >= 11 is 2.96. The van der Waals surface area contributed by atoms with Crippen LogP contribution in [-0.4, -0.2) is 37.3 Å². The molecule has 28 heavy (non-hydrogen) atoms. The van der Waals surface area contributed by atoms with E-state index in [4.69, 9.17) is 0 Å². The predicted molar refractivity (Wildman–Crippen MR) is 106 cm³/mol. The molecule has 5 rings (SSSR count). The van der Waals surface area contributed by atoms with Gasteiger partial charge in [0.05, 0.1) is 21.7 Å². The van der Waals surface area contributed by atoms with Crippen LogP contribution in [0.15, 0.2) is 36.1 Å². The zero-order chi connectivity index (χ0) is 19.1. The number of carbonyl (C=O) groups is 1. The highest BCUT2D eigenvalue weighted by atomic mass is 32.1. The van der Waals surface area contributed by atoms with Gasteiger partial charge in [0.15, 0.2) is 0 Å². The normalized spacial score (nSPS) is 16.5. The van der Waals surface area contributed by atoms with Crippen molar-refractivity contribution >= 4 is 38.8 Å². The summed E-state index contributed by atoms with van der Waals surface area (Å²) in [5, 5.41) is 3.55. The average molecular weight is 414 g/mol. The summed E-state index contributed by atoms with van der Waals surface area (Å²) in [6, 6.07) is 4.54. The minimum atomic E-state index is -0.393. The maximum Gasteiger partial charge on any atom is 0.223 e. The van der Waals surface area contributed by atoms with Crippen molar-refractivity contribution in [1.82, 2.24) is 24.8 Å². The first-order chi connectivity index (χ1) is 13.7. The average Bonchev–Trinajstić information content (AvgIpc) is 3.45. The van der Waals surface area contributed by atoms with E-state index in [2.05, 4.69) is 19.9 Å². The molecule has 0 fully saturated rings. The number of carbonyl (C=O) groups excluding carboxylic acids is 1. The summed E-state index contributed by atoms with van der Waals surface area (Å²) in [5.74, 6) is -0.312. The zero-order valence-electron chi connectivity index (χ0n) is 14.8. The number of benzene rings is 1. The summed E-state index contributed by atoms with van der Waals surface area (Å²) in [6.07, 6.45) is 5.10. The number of nitrogens with zero attached hydrogens (tertiary/aromatic N) is 4. The molecule has 0 radical (unpaired) electrons. The van der Waals surface area contributed by atoms with Crippen molar-refractivity contribution in [3.63, 3.8) is 0 Å². The van der Waals surface area contributed by atoms with Crippen LogP contribution in [0, 0.1) is 5.82 Å². The molecule has 6 nitrogen and oxygen atoms in total. The van der Waals surface area contributed by atoms with Crippen molar-refractivity contribution in [2.24, 2.45) is 0 Å². The molecule has 0 saturated carbocycles. The first kappa shape index (κ1) is 17.4. The van der Waals surface area contributed by atoms with Crippen LogP contribution in [0.3, 0.4) is 0 Å². The largest absolute Gasteiger partial charge is 0.348 e. The van der Waals surface area contributed by atoms with Gasteiger partial charge in [0.25, 0.3) is 0 Å². The second-order valence-corrected chi connectivity index (χ2v) is 8.61. The molecule has 9 heteroatoms. The fraction of sp³-hybridized carbons (Fsp3) is 0.263. The zero-order valence-corrected chi connectivity index (χ0v) is 16.4. The van der Waals surface area contributed by atoms with Gasteiger partial charge < -0.3 is 9.88 Å². The predicted octanol–water partition coefficient (Wildman–Crippen LogP) is 3.72. The van der Waals surface area contributed by atoms with Crippen LogP contribution in [-0.2, 0) is 17.6 Å². The second kappa shape index (κ2) is 7.06. The smallest absolute Gasteiger partial charge is 0.223 e. The number of halogens is 1. The highest BCUT2D eigenvalue weighted by Gasteiger charge is 2.36. The molecule has 1 aromatic carbocycles. The van der Waals surface area contributed by atoms with Crippen molar-refractivity contribution < 1.29 is 9.18 Å². The van der Waals surface area contributed by atoms with Crippen molar-refractivity contribution in [2.45, 2.75) is 25.3 Å². The van der Waals surface area contributed by atoms with Gasteiger partial charge in [0.2, 0.25) is 5.91 Å². The lowest BCUT2D eigenvalue weighted by Crippen LogP contribution is -2.40. The Hall–Kier alpha value is -2.65. The number of hydrogen-bond donors (Lipinski definition) is 1. The maximum atomic E-state index is 14.2. The van der Waals surface area contributed by atoms with Gasteiger partial charge in [-0.3, -0.25) is 4.79 Å². The summed E-state index contributed by atoms with van der Waals surface area (Å²) in [4.78, 5) is 31.3. The Morgan fingerprint density at radius 1 is 1.36 bits per heavy atom. The van der Waals surface area contributed by atoms with Gasteiger partial charge in [-0.05, 0) is 12.1 Å². The summed E-state index contributed by atoms with van der Waals surface area (Å²) < 4.78 is 14.9. The maximum absolute atomic E-state index is 14.2. The number of para-hydroxylation sites is 1. The number of rotatable bonds is 4. The van der Waals surface area contributed by atoms with Crippen molar-refractivity contribution in [3.8, 4) is 0 Å². The number of aromatic nitrogens is 4. The topological polar surface area (TPSA) is 74.8 Å². The number of aryl methyl sites for hydroxylation is 1. The van der Waals surface area contributed by atoms with Crippen molar-refractivity contribution in [3.05, 3.63) is 63.3 Å². The number of aromatic amines is 1. The lowest BCUT2D eigenvalue weighted by atomic mass is 10.0. The molecule has 3 aromatic heterocycles. The minimum Gasteiger partial charge on any atom is -0.348 e. The van der Waals surface area contributed by atoms with Gasteiger partial charge in [0.1, 0.15) is 22.4 Å². The van der Waals surface area contributed by atoms with Crippen LogP contribution < -0.4 is 0 Å². The molecule has 1 atom stereocenters. The summed E-state index contributed by atoms with van der Waals surface area (Å²) in [6.45, 7) is 0.578. The quantitative estimate of drug-likeness (QED) is 0.553. The van der Waals surface area contributed by atoms with Crippen LogP contribution in [0.2, 0.25) is 0 Å². The van der Waals surface area contributed by atoms with Gasteiger partial charge in [-0.2, -0.15) is 0 Å². The van der Waals surface area contributed by atoms with Gasteiger partial charge in [-0.1, -0.05) is 6.07 Å². The van der Waals surface area contributed by atoms with E-state index >= 15 is 0 Å². The molecule has 4 heterocycles. The third kappa shape index (κ3) is 3.00. The molecule has 1 N–H and O–H groups in total. The van der Waals surface area contributed by atoms with E-state index in [0.29, 0.717) is 36.3 Å². The third-order valence-electron chi connectivity index (χ3n) is 4.90. The number of thiazole rings is 2. The van der Waals surface area contributed by atoms with E-state index in [1.165, 1.54) is 17.4 Å². The minimum absolute atomic E-state index is 0.0357. The molecule has 1 amide bonds. The first-order valence-electron chi connectivity index (χ1n) is 8.95. The van der Waals surface area contributed by atoms with Crippen molar-refractivity contribution in [1.29, 1.82) is 0 Å². The van der Waals surface area contributed by atoms with Crippen LogP contribution in [0.1, 0.15) is 33.9 Å². The number of hydrogen-bond acceptors (Lipinski definition) is 6. The molecule has 1 aliphatic heterocycles. The number of amides is 1. The van der Waals surface area contributed by atoms with Crippen LogP contribution in [0.4, 0.5) is 4.39 Å². The van der Waals surface area contributed by atoms with Gasteiger partial charge in [-0.25, -0.2) is 19.3 Å². The van der Waals surface area contributed by atoms with Crippen LogP contribution in [0.25, 0.3) is 10.2 Å². The standard InChI is InChI=1S/C19H16FN5OS2/c20-11-2-1-3-13-16(11)24-19(28-13)18-17-12(22-10-23-17)6-8-25(18)15(26)5-4-14-21-7-9-27-14/h1-3,7,9-10,18H,4-6,8H2,(H,22,23)/t18-/m0/s1. The number of fused-ring (bicyclic) bond motifs is 2. The van der Waals surface area contributed by atoms with Gasteiger partial charge in [-0.15, -0.1) is 22.7 Å². The molecule has 0 aliphatic carbocycles. The molecular weight excluding hydrogens is 397 g/mol. The van der Waals surface area contributed by atoms with E-state index in [0.717, 1.165) is 21.1 Å². The van der Waals surface area contributed by atoms with Crippen LogP contribution in [0.5, 0.6) is 0 Å². The van der Waals surface area contributed by atoms with E-state index < -0.39 is 6.04 Å². The van der Waals surface area contributed by atoms with E-state index in [1.54, 1.807) is 29.9 Å². The van der Waals surface area contributed by atoms with Crippen LogP contribution >= 0.6 is 22.7 Å². The van der Waals surface area contributed by atoms with E-state index in [-0.39, 0.29) is 11.7 Å². The Morgan fingerprint density at radius 2 is 2.29 bits per heavy atom. The Morgan fingerprint density at radius 3 is 3.11 bits per heavy atom. The Balaban J connectivity index is 1.50. The molecule has 1 aliphatic rings.